The van der Waals surface area contributed by atoms with Crippen molar-refractivity contribution in [1.82, 2.24) is 20.1 Å². The highest BCUT2D eigenvalue weighted by atomic mass is 32.2. The van der Waals surface area contributed by atoms with E-state index in [1.807, 2.05) is 44.2 Å². The summed E-state index contributed by atoms with van der Waals surface area (Å²) in [5, 5.41) is 17.0. The Bertz CT molecular complexity index is 1750. The van der Waals surface area contributed by atoms with Gasteiger partial charge in [0, 0.05) is 5.56 Å². The van der Waals surface area contributed by atoms with Gasteiger partial charge in [0.05, 0.1) is 23.2 Å². The van der Waals surface area contributed by atoms with Crippen molar-refractivity contribution < 1.29 is 27.5 Å². The number of halogens is 3. The highest BCUT2D eigenvalue weighted by Gasteiger charge is 2.33. The molecule has 1 aromatic heterocycles. The van der Waals surface area contributed by atoms with Crippen molar-refractivity contribution in [2.24, 2.45) is 4.99 Å². The molecule has 0 saturated carbocycles. The maximum absolute atomic E-state index is 12.9. The molecule has 1 aliphatic rings. The molecule has 1 unspecified atom stereocenters. The minimum atomic E-state index is -4.79. The van der Waals surface area contributed by atoms with Crippen molar-refractivity contribution >= 4 is 34.6 Å². The number of amides is 3. The van der Waals surface area contributed by atoms with Crippen molar-refractivity contribution in [2.75, 3.05) is 10.7 Å². The Morgan fingerprint density at radius 1 is 1.09 bits per heavy atom. The molecule has 0 bridgehead atoms. The summed E-state index contributed by atoms with van der Waals surface area (Å²) in [4.78, 5) is 35.4. The number of carbonyl (C=O) groups excluding carboxylic acids is 2. The Hall–Kier alpha value is -5.16. The molecule has 224 valence electrons. The number of nitrogens with zero attached hydrogens (tertiary/aromatic N) is 6. The van der Waals surface area contributed by atoms with Gasteiger partial charge in [-0.2, -0.15) is 10.3 Å². The average Bonchev–Trinajstić information content (AvgIpc) is 3.62. The van der Waals surface area contributed by atoms with Crippen LogP contribution in [0.5, 0.6) is 5.75 Å². The molecule has 1 N–H and O–H groups in total. The van der Waals surface area contributed by atoms with Gasteiger partial charge >= 0.3 is 12.4 Å². The normalized spacial score (nSPS) is 15.0. The molecule has 5 rings (SSSR count). The largest absolute Gasteiger partial charge is 0.573 e. The fraction of sp³-hybridized carbons (Fsp3) is 0.200. The Balaban J connectivity index is 1.27. The van der Waals surface area contributed by atoms with E-state index in [1.54, 1.807) is 24.3 Å². The molecular formula is C30H24F3N7O3S. The maximum Gasteiger partial charge on any atom is 0.573 e. The number of nitrogens with one attached hydrogen (secondary N) is 1. The quantitative estimate of drug-likeness (QED) is 0.255. The number of anilines is 1. The molecular weight excluding hydrogens is 595 g/mol. The van der Waals surface area contributed by atoms with Crippen LogP contribution in [0, 0.1) is 11.3 Å². The smallest absolute Gasteiger partial charge is 0.406 e. The monoisotopic (exact) mass is 619 g/mol. The SMILES string of the molecule is CC(C)c1ccccc1N1C(=O)CS/C1=N\C(=O)NC(C#N)c1ccc(-c2ncn(-c3ccc(OC(F)(F)F)cc3)n2)cc1. The first-order valence-electron chi connectivity index (χ1n) is 13.2. The summed E-state index contributed by atoms with van der Waals surface area (Å²) in [5.74, 6) is 0.0738. The Labute approximate surface area is 254 Å². The van der Waals surface area contributed by atoms with E-state index >= 15 is 0 Å². The van der Waals surface area contributed by atoms with E-state index in [2.05, 4.69) is 25.1 Å². The van der Waals surface area contributed by atoms with Gasteiger partial charge in [-0.3, -0.25) is 9.69 Å². The van der Waals surface area contributed by atoms with E-state index in [0.717, 1.165) is 17.3 Å². The van der Waals surface area contributed by atoms with Gasteiger partial charge in [0.25, 0.3) is 0 Å². The van der Waals surface area contributed by atoms with E-state index in [1.165, 1.54) is 40.2 Å². The van der Waals surface area contributed by atoms with Crippen LogP contribution in [0.25, 0.3) is 17.1 Å². The third-order valence-corrected chi connectivity index (χ3v) is 7.41. The number of hydrogen-bond acceptors (Lipinski definition) is 7. The predicted octanol–water partition coefficient (Wildman–Crippen LogP) is 6.37. The molecule has 3 amide bonds. The van der Waals surface area contributed by atoms with E-state index in [0.29, 0.717) is 28.3 Å². The molecule has 4 aromatic rings. The van der Waals surface area contributed by atoms with Crippen molar-refractivity contribution in [1.29, 1.82) is 5.26 Å². The fourth-order valence-corrected chi connectivity index (χ4v) is 5.30. The first kappa shape index (κ1) is 30.3. The summed E-state index contributed by atoms with van der Waals surface area (Å²) in [5.41, 5.74) is 3.17. The van der Waals surface area contributed by atoms with Crippen LogP contribution in [0.2, 0.25) is 0 Å². The number of amidine groups is 1. The van der Waals surface area contributed by atoms with Gasteiger partial charge in [-0.25, -0.2) is 14.5 Å². The van der Waals surface area contributed by atoms with Crippen molar-refractivity contribution in [3.05, 3.63) is 90.3 Å². The highest BCUT2D eigenvalue weighted by Crippen LogP contribution is 2.33. The van der Waals surface area contributed by atoms with Crippen LogP contribution in [0.1, 0.15) is 36.9 Å². The molecule has 14 heteroatoms. The Kier molecular flexibility index (Phi) is 8.68. The topological polar surface area (TPSA) is 126 Å². The Morgan fingerprint density at radius 2 is 1.80 bits per heavy atom. The molecule has 0 radical (unpaired) electrons. The summed E-state index contributed by atoms with van der Waals surface area (Å²) < 4.78 is 42.5. The number of para-hydroxylation sites is 1. The van der Waals surface area contributed by atoms with Crippen molar-refractivity contribution in [2.45, 2.75) is 32.2 Å². The van der Waals surface area contributed by atoms with Gasteiger partial charge in [-0.15, -0.1) is 18.3 Å². The van der Waals surface area contributed by atoms with Crippen molar-refractivity contribution in [3.8, 4) is 28.9 Å². The number of aliphatic imine (C=N–C) groups is 1. The predicted molar refractivity (Wildman–Crippen MR) is 158 cm³/mol. The number of aromatic nitrogens is 3. The first-order chi connectivity index (χ1) is 21.0. The molecule has 2 heterocycles. The van der Waals surface area contributed by atoms with Gasteiger partial charge in [-0.1, -0.05) is 68.1 Å². The summed E-state index contributed by atoms with van der Waals surface area (Å²) >= 11 is 1.15. The van der Waals surface area contributed by atoms with Crippen LogP contribution < -0.4 is 15.0 Å². The van der Waals surface area contributed by atoms with Crippen LogP contribution in [0.3, 0.4) is 0 Å². The molecule has 1 aliphatic heterocycles. The summed E-state index contributed by atoms with van der Waals surface area (Å²) in [7, 11) is 0. The van der Waals surface area contributed by atoms with Gasteiger partial charge in [0.2, 0.25) is 5.91 Å². The standard InChI is InChI=1S/C30H24F3N7O3S/c1-18(2)23-5-3-4-6-25(23)40-26(41)16-44-29(40)37-28(42)36-24(15-34)19-7-9-20(10-8-19)27-35-17-39(38-27)21-11-13-22(14-12-21)43-30(31,32)33/h3-14,17-18,24H,16H2,1-2H3,(H,36,42)/b37-29-. The number of urea groups is 1. The number of alkyl halides is 3. The molecule has 1 fully saturated rings. The van der Waals surface area contributed by atoms with Crippen LogP contribution in [-0.2, 0) is 4.79 Å². The Morgan fingerprint density at radius 3 is 2.45 bits per heavy atom. The zero-order valence-corrected chi connectivity index (χ0v) is 24.1. The molecule has 10 nitrogen and oxygen atoms in total. The summed E-state index contributed by atoms with van der Waals surface area (Å²) in [6.07, 6.45) is -3.37. The van der Waals surface area contributed by atoms with Crippen LogP contribution in [-0.4, -0.2) is 44.0 Å². The second-order valence-corrected chi connectivity index (χ2v) is 10.8. The van der Waals surface area contributed by atoms with Gasteiger partial charge in [0.1, 0.15) is 18.1 Å². The lowest BCUT2D eigenvalue weighted by atomic mass is 10.0. The molecule has 0 spiro atoms. The molecule has 1 atom stereocenters. The van der Waals surface area contributed by atoms with Crippen LogP contribution in [0.15, 0.2) is 84.1 Å². The van der Waals surface area contributed by atoms with Crippen LogP contribution in [0.4, 0.5) is 23.7 Å². The highest BCUT2D eigenvalue weighted by molar-refractivity contribution is 8.15. The van der Waals surface area contributed by atoms with Gasteiger partial charge in [-0.05, 0) is 47.4 Å². The van der Waals surface area contributed by atoms with Crippen molar-refractivity contribution in [3.63, 3.8) is 0 Å². The molecule has 1 saturated heterocycles. The lowest BCUT2D eigenvalue weighted by Gasteiger charge is -2.21. The second kappa shape index (κ2) is 12.6. The lowest BCUT2D eigenvalue weighted by molar-refractivity contribution is -0.274. The minimum absolute atomic E-state index is 0.142. The number of carbonyl (C=O) groups is 2. The molecule has 44 heavy (non-hydrogen) atoms. The first-order valence-corrected chi connectivity index (χ1v) is 14.2. The van der Waals surface area contributed by atoms with E-state index in [9.17, 15) is 28.0 Å². The third-order valence-electron chi connectivity index (χ3n) is 6.49. The number of rotatable bonds is 7. The number of ether oxygens (including phenoxy) is 1. The lowest BCUT2D eigenvalue weighted by Crippen LogP contribution is -2.32. The average molecular weight is 620 g/mol. The fourth-order valence-electron chi connectivity index (χ4n) is 4.44. The third kappa shape index (κ3) is 6.90. The second-order valence-electron chi connectivity index (χ2n) is 9.81. The maximum atomic E-state index is 12.9. The van der Waals surface area contributed by atoms with E-state index in [4.69, 9.17) is 0 Å². The summed E-state index contributed by atoms with van der Waals surface area (Å²) in [6.45, 7) is 4.03. The zero-order valence-electron chi connectivity index (χ0n) is 23.3. The van der Waals surface area contributed by atoms with Gasteiger partial charge < -0.3 is 10.1 Å². The van der Waals surface area contributed by atoms with E-state index < -0.39 is 18.4 Å². The van der Waals surface area contributed by atoms with E-state index in [-0.39, 0.29) is 28.5 Å². The van der Waals surface area contributed by atoms with Crippen LogP contribution >= 0.6 is 11.8 Å². The minimum Gasteiger partial charge on any atom is -0.406 e. The summed E-state index contributed by atoms with van der Waals surface area (Å²) in [6, 6.07) is 19.5. The molecule has 0 aliphatic carbocycles. The number of nitriles is 1. The number of benzene rings is 3. The molecule has 3 aromatic carbocycles. The zero-order chi connectivity index (χ0) is 31.4. The number of thioether (sulfide) groups is 1. The number of hydrogen-bond donors (Lipinski definition) is 1. The van der Waals surface area contributed by atoms with Gasteiger partial charge in [0.15, 0.2) is 11.0 Å².